The molecule has 5 nitrogen and oxygen atoms in total. The number of methoxy groups -OCH3 is 1. The van der Waals surface area contributed by atoms with Crippen LogP contribution in [-0.4, -0.2) is 27.9 Å². The van der Waals surface area contributed by atoms with Gasteiger partial charge in [-0.3, -0.25) is 5.32 Å². The van der Waals surface area contributed by atoms with Crippen LogP contribution in [0.25, 0.3) is 21.6 Å². The summed E-state index contributed by atoms with van der Waals surface area (Å²) in [5, 5.41) is 3.18. The summed E-state index contributed by atoms with van der Waals surface area (Å²) in [5.74, 6) is -0.345. The maximum absolute atomic E-state index is 13.3. The second-order valence-electron chi connectivity index (χ2n) is 5.77. The second-order valence-corrected chi connectivity index (χ2v) is 8.84. The molecule has 0 radical (unpaired) electrons. The molecule has 0 spiro atoms. The van der Waals surface area contributed by atoms with E-state index in [1.807, 2.05) is 0 Å². The lowest BCUT2D eigenvalue weighted by molar-refractivity contribution is 0.187. The molecule has 0 aliphatic rings. The van der Waals surface area contributed by atoms with Gasteiger partial charge in [-0.25, -0.2) is 17.6 Å². The standard InChI is InChI=1S/C19H16FNO4S2/c1-25-19(22)21-17-11-16(12-5-9-15(10-6-12)27(2,23)24)18(26-17)13-3-7-14(20)8-4-13/h3-11H,1-2H3,(H,21,22). The molecule has 0 aliphatic carbocycles. The molecule has 3 rings (SSSR count). The van der Waals surface area contributed by atoms with Crippen LogP contribution in [0.4, 0.5) is 14.2 Å². The van der Waals surface area contributed by atoms with Crippen molar-refractivity contribution in [2.75, 3.05) is 18.7 Å². The van der Waals surface area contributed by atoms with Gasteiger partial charge in [0.05, 0.1) is 17.0 Å². The Kier molecular flexibility index (Phi) is 5.29. The number of ether oxygens (including phenoxy) is 1. The number of hydrogen-bond donors (Lipinski definition) is 1. The van der Waals surface area contributed by atoms with Gasteiger partial charge in [-0.05, 0) is 41.5 Å². The molecular formula is C19H16FNO4S2. The van der Waals surface area contributed by atoms with Crippen LogP contribution in [0.1, 0.15) is 0 Å². The Bertz CT molecular complexity index is 1070. The van der Waals surface area contributed by atoms with Gasteiger partial charge in [-0.2, -0.15) is 0 Å². The van der Waals surface area contributed by atoms with Gasteiger partial charge in [0.25, 0.3) is 0 Å². The Morgan fingerprint density at radius 2 is 1.63 bits per heavy atom. The van der Waals surface area contributed by atoms with E-state index in [0.29, 0.717) is 5.00 Å². The number of amides is 1. The molecule has 1 N–H and O–H groups in total. The van der Waals surface area contributed by atoms with Crippen molar-refractivity contribution in [3.63, 3.8) is 0 Å². The Balaban J connectivity index is 2.09. The van der Waals surface area contributed by atoms with Crippen LogP contribution in [0.2, 0.25) is 0 Å². The number of nitrogens with one attached hydrogen (secondary N) is 1. The highest BCUT2D eigenvalue weighted by Crippen LogP contribution is 2.42. The summed E-state index contributed by atoms with van der Waals surface area (Å²) in [6.07, 6.45) is 0.551. The Morgan fingerprint density at radius 3 is 2.19 bits per heavy atom. The van der Waals surface area contributed by atoms with Gasteiger partial charge in [0.2, 0.25) is 0 Å². The summed E-state index contributed by atoms with van der Waals surface area (Å²) in [7, 11) is -2.02. The lowest BCUT2D eigenvalue weighted by Crippen LogP contribution is -2.09. The van der Waals surface area contributed by atoms with E-state index in [4.69, 9.17) is 0 Å². The fourth-order valence-corrected chi connectivity index (χ4v) is 4.22. The van der Waals surface area contributed by atoms with Crippen LogP contribution in [-0.2, 0) is 14.6 Å². The van der Waals surface area contributed by atoms with Crippen molar-refractivity contribution in [3.8, 4) is 21.6 Å². The van der Waals surface area contributed by atoms with Crippen molar-refractivity contribution in [2.45, 2.75) is 4.90 Å². The van der Waals surface area contributed by atoms with E-state index in [1.165, 1.54) is 42.7 Å². The number of thiophene rings is 1. The topological polar surface area (TPSA) is 72.5 Å². The Morgan fingerprint density at radius 1 is 1.04 bits per heavy atom. The Labute approximate surface area is 160 Å². The van der Waals surface area contributed by atoms with Crippen LogP contribution in [0.5, 0.6) is 0 Å². The first-order chi connectivity index (χ1) is 12.8. The summed E-state index contributed by atoms with van der Waals surface area (Å²) < 4.78 is 41.2. The number of carbonyl (C=O) groups is 1. The molecule has 2 aromatic carbocycles. The third kappa shape index (κ3) is 4.35. The molecule has 1 amide bonds. The highest BCUT2D eigenvalue weighted by atomic mass is 32.2. The fraction of sp³-hybridized carbons (Fsp3) is 0.105. The highest BCUT2D eigenvalue weighted by Gasteiger charge is 2.16. The van der Waals surface area contributed by atoms with Gasteiger partial charge in [0.15, 0.2) is 9.84 Å². The molecule has 140 valence electrons. The van der Waals surface area contributed by atoms with Crippen molar-refractivity contribution in [2.24, 2.45) is 0 Å². The molecule has 0 fully saturated rings. The molecule has 0 atom stereocenters. The van der Waals surface area contributed by atoms with Gasteiger partial charge in [0.1, 0.15) is 5.82 Å². The fourth-order valence-electron chi connectivity index (χ4n) is 2.52. The predicted molar refractivity (Wildman–Crippen MR) is 104 cm³/mol. The van der Waals surface area contributed by atoms with E-state index in [2.05, 4.69) is 10.1 Å². The molecule has 0 unspecified atom stereocenters. The van der Waals surface area contributed by atoms with E-state index < -0.39 is 15.9 Å². The zero-order valence-electron chi connectivity index (χ0n) is 14.5. The van der Waals surface area contributed by atoms with Gasteiger partial charge in [0, 0.05) is 16.7 Å². The van der Waals surface area contributed by atoms with Crippen molar-refractivity contribution >= 4 is 32.3 Å². The molecule has 1 aromatic heterocycles. The number of sulfone groups is 1. The minimum absolute atomic E-state index is 0.220. The van der Waals surface area contributed by atoms with Crippen LogP contribution in [0.3, 0.4) is 0 Å². The van der Waals surface area contributed by atoms with E-state index in [9.17, 15) is 17.6 Å². The lowest BCUT2D eigenvalue weighted by atomic mass is 10.0. The summed E-state index contributed by atoms with van der Waals surface area (Å²) in [4.78, 5) is 12.6. The maximum Gasteiger partial charge on any atom is 0.411 e. The van der Waals surface area contributed by atoms with Crippen LogP contribution in [0, 0.1) is 5.82 Å². The first-order valence-electron chi connectivity index (χ1n) is 7.83. The third-order valence-electron chi connectivity index (χ3n) is 3.84. The van der Waals surface area contributed by atoms with Crippen molar-refractivity contribution < 1.29 is 22.3 Å². The number of carbonyl (C=O) groups excluding carboxylic acids is 1. The van der Waals surface area contributed by atoms with Crippen LogP contribution in [0.15, 0.2) is 59.5 Å². The Hall–Kier alpha value is -2.71. The first kappa shape index (κ1) is 19.1. The summed E-state index contributed by atoms with van der Waals surface area (Å²) in [6, 6.07) is 14.3. The van der Waals surface area contributed by atoms with Gasteiger partial charge < -0.3 is 4.74 Å². The van der Waals surface area contributed by atoms with Crippen LogP contribution >= 0.6 is 11.3 Å². The molecule has 0 bridgehead atoms. The van der Waals surface area contributed by atoms with Crippen molar-refractivity contribution in [3.05, 3.63) is 60.4 Å². The SMILES string of the molecule is COC(=O)Nc1cc(-c2ccc(S(C)(=O)=O)cc2)c(-c2ccc(F)cc2)s1. The first-order valence-corrected chi connectivity index (χ1v) is 10.5. The molecule has 0 saturated heterocycles. The van der Waals surface area contributed by atoms with Gasteiger partial charge >= 0.3 is 6.09 Å². The van der Waals surface area contributed by atoms with Crippen LogP contribution < -0.4 is 5.32 Å². The van der Waals surface area contributed by atoms with Gasteiger partial charge in [-0.15, -0.1) is 11.3 Å². The minimum atomic E-state index is -3.30. The second kappa shape index (κ2) is 7.50. The maximum atomic E-state index is 13.3. The highest BCUT2D eigenvalue weighted by molar-refractivity contribution is 7.90. The average molecular weight is 405 g/mol. The van der Waals surface area contributed by atoms with E-state index in [-0.39, 0.29) is 10.7 Å². The number of hydrogen-bond acceptors (Lipinski definition) is 5. The molecule has 3 aromatic rings. The lowest BCUT2D eigenvalue weighted by Gasteiger charge is -2.05. The number of halogens is 1. The summed E-state index contributed by atoms with van der Waals surface area (Å²) in [5.41, 5.74) is 2.34. The third-order valence-corrected chi connectivity index (χ3v) is 6.07. The zero-order valence-corrected chi connectivity index (χ0v) is 16.2. The van der Waals surface area contributed by atoms with Crippen molar-refractivity contribution in [1.82, 2.24) is 0 Å². The molecular weight excluding hydrogens is 389 g/mol. The molecule has 27 heavy (non-hydrogen) atoms. The minimum Gasteiger partial charge on any atom is -0.453 e. The molecule has 0 saturated carbocycles. The normalized spacial score (nSPS) is 11.2. The smallest absolute Gasteiger partial charge is 0.411 e. The summed E-state index contributed by atoms with van der Waals surface area (Å²) in [6.45, 7) is 0. The molecule has 8 heteroatoms. The number of benzene rings is 2. The predicted octanol–water partition coefficient (Wildman–Crippen LogP) is 4.80. The van der Waals surface area contributed by atoms with Crippen molar-refractivity contribution in [1.29, 1.82) is 0 Å². The van der Waals surface area contributed by atoms with Gasteiger partial charge in [-0.1, -0.05) is 24.3 Å². The summed E-state index contributed by atoms with van der Waals surface area (Å²) >= 11 is 1.31. The monoisotopic (exact) mass is 405 g/mol. The quantitative estimate of drug-likeness (QED) is 0.677. The number of anilines is 1. The van der Waals surface area contributed by atoms with E-state index >= 15 is 0 Å². The zero-order chi connectivity index (χ0) is 19.6. The number of rotatable bonds is 4. The van der Waals surface area contributed by atoms with E-state index in [0.717, 1.165) is 27.8 Å². The average Bonchev–Trinajstić information content (AvgIpc) is 3.05. The van der Waals surface area contributed by atoms with E-state index in [1.54, 1.807) is 30.3 Å². The molecule has 0 aliphatic heterocycles. The largest absolute Gasteiger partial charge is 0.453 e. The molecule has 1 heterocycles.